The van der Waals surface area contributed by atoms with Crippen LogP contribution in [0.3, 0.4) is 0 Å². The number of rotatable bonds is 18. The Balaban J connectivity index is 0.000000116. The normalized spacial score (nSPS) is 14.3. The lowest BCUT2D eigenvalue weighted by Gasteiger charge is -2.29. The molecule has 24 rings (SSSR count). The molecule has 0 bridgehead atoms. The summed E-state index contributed by atoms with van der Waals surface area (Å²) in [6.45, 7) is 14.9. The second-order valence-corrected chi connectivity index (χ2v) is 37.1. The fourth-order valence-electron chi connectivity index (χ4n) is 18.8. The number of likely N-dealkylation sites (tertiary alicyclic amines) is 1. The zero-order valence-electron chi connectivity index (χ0n) is 79.8. The van der Waals surface area contributed by atoms with Crippen molar-refractivity contribution in [3.05, 3.63) is 356 Å². The summed E-state index contributed by atoms with van der Waals surface area (Å²) in [7, 11) is 2.15. The maximum absolute atomic E-state index is 14.8. The van der Waals surface area contributed by atoms with E-state index >= 15 is 0 Å². The Morgan fingerprint density at radius 3 is 1.22 bits per heavy atom. The van der Waals surface area contributed by atoms with Gasteiger partial charge in [-0.2, -0.15) is 23.4 Å². The number of halogens is 10. The molecule has 4 aliphatic rings. The van der Waals surface area contributed by atoms with Gasteiger partial charge in [0.25, 0.3) is 0 Å². The highest BCUT2D eigenvalue weighted by Crippen LogP contribution is 2.43. The number of ether oxygens (including phenoxy) is 1. The molecule has 20 aromatic rings. The molecule has 5 aromatic carbocycles. The Labute approximate surface area is 855 Å². The van der Waals surface area contributed by atoms with Gasteiger partial charge in [0.05, 0.1) is 66.5 Å². The third-order valence-corrected chi connectivity index (χ3v) is 27.1. The molecular weight excluding hydrogens is 1930 g/mol. The number of hydrogen-bond donors (Lipinski definition) is 2. The standard InChI is InChI=1S/C29H23ClFN5.C29H24F4N6O.C28H22ClFN6.C28H24F2N6/c30-22-5-8-27(31)26(15-22)28-16-25(24-2-1-9-34-29(24)35-28)21-14-20(17-33-18-21)19-3-6-23(7-4-19)36-12-10-32-11-13-36;30-26-4-3-22(29(31,32)33)13-25(26)27-14-24(23-2-1-5-35-28(23)37-27)20-12-19(15-34-16-20)21-17-36-39(18-21)7-6-38-8-10-40-11-9-38;29-21-4-5-25(30)24(13-21)26-14-23(22-2-1-7-33-28(22)35-26)20-12-19(15-32-16-20)18-3-6-27(34-17-18)36-10-8-31-9-11-36;1-35-9-6-22(7-10-35)36-17-20(16-33-36)18-11-19(15-31-14-18)24-13-27(25-12-21(29)4-5-26(25)30)34-28-23(24)3-2-8-32-28/h1-9,14-18,32H,10-13H2;1-5,12-18H,6-11H2;1-7,12-17,31H,8-11H2;2-5,8,11-17,22H,6-7,9-10H2,1H3. The lowest BCUT2D eigenvalue weighted by Crippen LogP contribution is -2.43. The number of nitrogens with one attached hydrogen (secondary N) is 2. The van der Waals surface area contributed by atoms with Gasteiger partial charge in [-0.1, -0.05) is 35.3 Å². The molecule has 740 valence electrons. The molecular formula is C114H93Cl2F8N23O. The van der Waals surface area contributed by atoms with E-state index < -0.39 is 35.0 Å². The number of fused-ring (bicyclic) bond motifs is 4. The number of piperazine rings is 2. The molecule has 0 spiro atoms. The van der Waals surface area contributed by atoms with Gasteiger partial charge in [0.2, 0.25) is 0 Å². The van der Waals surface area contributed by atoms with E-state index in [1.54, 1.807) is 79.9 Å². The average molecular weight is 2020 g/mol. The Morgan fingerprint density at radius 1 is 0.351 bits per heavy atom. The van der Waals surface area contributed by atoms with Gasteiger partial charge in [-0.3, -0.25) is 34.2 Å². The molecule has 19 heterocycles. The highest BCUT2D eigenvalue weighted by atomic mass is 35.5. The third-order valence-electron chi connectivity index (χ3n) is 26.6. The van der Waals surface area contributed by atoms with Crippen molar-refractivity contribution in [2.75, 3.05) is 115 Å². The van der Waals surface area contributed by atoms with Crippen LogP contribution in [-0.4, -0.2) is 199 Å². The fraction of sp³-hybridized carbons (Fsp3) is 0.184. The van der Waals surface area contributed by atoms with E-state index in [1.807, 2.05) is 115 Å². The first-order chi connectivity index (χ1) is 72.2. The second-order valence-electron chi connectivity index (χ2n) is 36.2. The van der Waals surface area contributed by atoms with Gasteiger partial charge in [-0.05, 0) is 255 Å². The molecule has 148 heavy (non-hydrogen) atoms. The molecule has 0 unspecified atom stereocenters. The first-order valence-electron chi connectivity index (χ1n) is 48.3. The van der Waals surface area contributed by atoms with Gasteiger partial charge >= 0.3 is 6.18 Å². The molecule has 0 saturated carbocycles. The second kappa shape index (κ2) is 44.1. The van der Waals surface area contributed by atoms with E-state index in [0.29, 0.717) is 83.8 Å². The SMILES string of the molecule is CN1CCC(n2cc(-c3cncc(-c4cc(-c5cc(F)ccc5F)nc5ncccc45)c3)cn2)CC1.Fc1ccc(C(F)(F)F)cc1-c1cc(-c2cncc(-c3cnn(CCN4CCOCC4)c3)c2)c2cccnc2n1.Fc1ccc(Cl)cc1-c1cc(-c2cncc(-c3ccc(N4CCNCC4)cc3)c2)c2cccnc2n1.Fc1ccc(Cl)cc1-c1cc(-c2cncc(-c3ccc(N4CCNCC4)nc3)c2)c2cccnc2n1. The maximum Gasteiger partial charge on any atom is 0.416 e. The Hall–Kier alpha value is -16.1. The summed E-state index contributed by atoms with van der Waals surface area (Å²) >= 11 is 12.3. The Kier molecular flexibility index (Phi) is 29.2. The van der Waals surface area contributed by atoms with Crippen LogP contribution in [0, 0.1) is 29.1 Å². The summed E-state index contributed by atoms with van der Waals surface area (Å²) in [5.74, 6) is -1.68. The number of benzene rings is 5. The highest BCUT2D eigenvalue weighted by molar-refractivity contribution is 6.31. The van der Waals surface area contributed by atoms with Crippen LogP contribution in [-0.2, 0) is 17.5 Å². The summed E-state index contributed by atoms with van der Waals surface area (Å²) in [6.07, 6.45) is 27.9. The molecule has 2 N–H and O–H groups in total. The van der Waals surface area contributed by atoms with Crippen LogP contribution in [0.25, 0.3) is 178 Å². The van der Waals surface area contributed by atoms with Crippen molar-refractivity contribution in [2.45, 2.75) is 31.6 Å². The van der Waals surface area contributed by atoms with E-state index in [2.05, 4.69) is 167 Å². The maximum atomic E-state index is 14.8. The summed E-state index contributed by atoms with van der Waals surface area (Å²) in [5, 5.41) is 20.0. The van der Waals surface area contributed by atoms with Gasteiger partial charge < -0.3 is 30.1 Å². The van der Waals surface area contributed by atoms with Crippen LogP contribution in [0.15, 0.2) is 312 Å². The highest BCUT2D eigenvalue weighted by Gasteiger charge is 2.33. The number of hydrogen-bond acceptors (Lipinski definition) is 22. The molecule has 0 aliphatic carbocycles. The zero-order valence-corrected chi connectivity index (χ0v) is 81.3. The van der Waals surface area contributed by atoms with Crippen LogP contribution >= 0.6 is 23.2 Å². The first kappa shape index (κ1) is 98.0. The van der Waals surface area contributed by atoms with Crippen molar-refractivity contribution in [1.29, 1.82) is 0 Å². The van der Waals surface area contributed by atoms with Gasteiger partial charge in [-0.15, -0.1) is 0 Å². The van der Waals surface area contributed by atoms with Crippen LogP contribution < -0.4 is 20.4 Å². The lowest BCUT2D eigenvalue weighted by atomic mass is 9.98. The van der Waals surface area contributed by atoms with Crippen molar-refractivity contribution in [1.82, 2.24) is 105 Å². The molecule has 4 saturated heterocycles. The Bertz CT molecular complexity index is 7990. The van der Waals surface area contributed by atoms with Crippen LogP contribution in [0.2, 0.25) is 10.0 Å². The van der Waals surface area contributed by atoms with Gasteiger partial charge in [0, 0.05) is 286 Å². The summed E-state index contributed by atoms with van der Waals surface area (Å²) in [5.41, 5.74) is 17.9. The number of aromatic nitrogens is 17. The van der Waals surface area contributed by atoms with E-state index in [0.717, 1.165) is 248 Å². The minimum atomic E-state index is -4.62. The third kappa shape index (κ3) is 22.3. The number of alkyl halides is 3. The predicted molar refractivity (Wildman–Crippen MR) is 562 cm³/mol. The van der Waals surface area contributed by atoms with Gasteiger partial charge in [-0.25, -0.2) is 66.8 Å². The van der Waals surface area contributed by atoms with E-state index in [9.17, 15) is 35.1 Å². The lowest BCUT2D eigenvalue weighted by molar-refractivity contribution is -0.137. The summed E-state index contributed by atoms with van der Waals surface area (Å²) in [6, 6.07) is 57.9. The Morgan fingerprint density at radius 2 is 0.757 bits per heavy atom. The average Bonchev–Trinajstić information content (AvgIpc) is 0.809. The largest absolute Gasteiger partial charge is 0.416 e. The number of pyridine rings is 13. The molecule has 0 atom stereocenters. The smallest absolute Gasteiger partial charge is 0.379 e. The van der Waals surface area contributed by atoms with Crippen LogP contribution in [0.5, 0.6) is 0 Å². The van der Waals surface area contributed by atoms with Crippen LogP contribution in [0.1, 0.15) is 24.4 Å². The van der Waals surface area contributed by atoms with Crippen molar-refractivity contribution in [2.24, 2.45) is 0 Å². The minimum Gasteiger partial charge on any atom is -0.379 e. The van der Waals surface area contributed by atoms with Crippen molar-refractivity contribution in [3.63, 3.8) is 0 Å². The van der Waals surface area contributed by atoms with E-state index in [1.165, 1.54) is 36.1 Å². The molecule has 4 aliphatic heterocycles. The first-order valence-corrected chi connectivity index (χ1v) is 49.1. The molecule has 34 heteroatoms. The van der Waals surface area contributed by atoms with Crippen molar-refractivity contribution in [3.8, 4) is 134 Å². The molecule has 0 radical (unpaired) electrons. The molecule has 4 fully saturated rings. The van der Waals surface area contributed by atoms with Gasteiger partial charge in [0.1, 0.15) is 34.9 Å². The van der Waals surface area contributed by atoms with E-state index in [4.69, 9.17) is 32.9 Å². The quantitative estimate of drug-likeness (QED) is 0.0758. The number of nitrogens with zero attached hydrogens (tertiary/aromatic N) is 21. The summed E-state index contributed by atoms with van der Waals surface area (Å²) < 4.78 is 122. The molecule has 24 nitrogen and oxygen atoms in total. The minimum absolute atomic E-state index is 0.0473. The topological polar surface area (TPSA) is 249 Å². The number of anilines is 2. The van der Waals surface area contributed by atoms with Crippen molar-refractivity contribution >= 4 is 78.8 Å². The number of piperidine rings is 1. The van der Waals surface area contributed by atoms with E-state index in [-0.39, 0.29) is 28.3 Å². The number of morpholine rings is 1. The fourth-order valence-corrected chi connectivity index (χ4v) is 19.1. The molecule has 0 amide bonds. The predicted octanol–water partition coefficient (Wildman–Crippen LogP) is 23.3. The van der Waals surface area contributed by atoms with Crippen molar-refractivity contribution < 1.29 is 39.9 Å². The summed E-state index contributed by atoms with van der Waals surface area (Å²) in [4.78, 5) is 67.7. The van der Waals surface area contributed by atoms with Crippen LogP contribution in [0.4, 0.5) is 46.6 Å². The van der Waals surface area contributed by atoms with Gasteiger partial charge in [0.15, 0.2) is 22.6 Å². The zero-order chi connectivity index (χ0) is 101. The monoisotopic (exact) mass is 2020 g/mol. The molecule has 15 aromatic heterocycles.